The highest BCUT2D eigenvalue weighted by atomic mass is 35.5. The molecule has 0 atom stereocenters. The predicted molar refractivity (Wildman–Crippen MR) is 152 cm³/mol. The molecular formula is C30H30ClFN4O3. The van der Waals surface area contributed by atoms with E-state index in [-0.39, 0.29) is 18.4 Å². The summed E-state index contributed by atoms with van der Waals surface area (Å²) in [5.74, 6) is -1.31. The molecule has 0 N–H and O–H groups in total. The van der Waals surface area contributed by atoms with Gasteiger partial charge in [-0.1, -0.05) is 29.8 Å². The largest absolute Gasteiger partial charge is 0.466 e. The molecule has 2 heterocycles. The van der Waals surface area contributed by atoms with E-state index in [1.54, 1.807) is 21.8 Å². The van der Waals surface area contributed by atoms with Crippen molar-refractivity contribution in [2.75, 3.05) is 32.1 Å². The third-order valence-corrected chi connectivity index (χ3v) is 7.75. The Morgan fingerprint density at radius 2 is 1.92 bits per heavy atom. The molecule has 7 nitrogen and oxygen atoms in total. The van der Waals surface area contributed by atoms with Gasteiger partial charge in [0.1, 0.15) is 5.82 Å². The molecule has 4 aromatic rings. The van der Waals surface area contributed by atoms with Gasteiger partial charge in [-0.15, -0.1) is 0 Å². The fourth-order valence-corrected chi connectivity index (χ4v) is 5.74. The molecule has 39 heavy (non-hydrogen) atoms. The van der Waals surface area contributed by atoms with Crippen LogP contribution in [0.3, 0.4) is 0 Å². The molecular weight excluding hydrogens is 519 g/mol. The Bertz CT molecular complexity index is 1590. The first kappa shape index (κ1) is 26.8. The van der Waals surface area contributed by atoms with Crippen molar-refractivity contribution in [1.82, 2.24) is 14.7 Å². The minimum Gasteiger partial charge on any atom is -0.466 e. The van der Waals surface area contributed by atoms with Crippen molar-refractivity contribution in [1.29, 1.82) is 0 Å². The SMILES string of the molecule is COC(=O)/C=C/c1cc(F)cc(N(Cc2cccc3cc4cnn(C)c4c(Cl)c23)C(=O)C2CCN(C)CC2)c1. The lowest BCUT2D eigenvalue weighted by molar-refractivity contribution is -0.134. The first-order chi connectivity index (χ1) is 18.7. The van der Waals surface area contributed by atoms with Crippen LogP contribution in [-0.4, -0.2) is 53.8 Å². The van der Waals surface area contributed by atoms with Gasteiger partial charge in [-0.05, 0) is 79.8 Å². The van der Waals surface area contributed by atoms with Crippen LogP contribution in [0, 0.1) is 11.7 Å². The fourth-order valence-electron chi connectivity index (χ4n) is 5.28. The Hall–Kier alpha value is -3.75. The lowest BCUT2D eigenvalue weighted by Crippen LogP contribution is -2.41. The van der Waals surface area contributed by atoms with Crippen LogP contribution in [0.4, 0.5) is 10.1 Å². The third-order valence-electron chi connectivity index (χ3n) is 7.38. The van der Waals surface area contributed by atoms with E-state index in [1.165, 1.54) is 31.4 Å². The number of esters is 1. The van der Waals surface area contributed by atoms with Gasteiger partial charge >= 0.3 is 5.97 Å². The van der Waals surface area contributed by atoms with Crippen LogP contribution in [-0.2, 0) is 27.9 Å². The zero-order valence-electron chi connectivity index (χ0n) is 22.2. The van der Waals surface area contributed by atoms with Gasteiger partial charge in [-0.2, -0.15) is 5.10 Å². The van der Waals surface area contributed by atoms with Crippen LogP contribution in [0.25, 0.3) is 27.8 Å². The minimum atomic E-state index is -0.549. The zero-order valence-corrected chi connectivity index (χ0v) is 22.9. The summed E-state index contributed by atoms with van der Waals surface area (Å²) in [6.07, 6.45) is 5.93. The van der Waals surface area contributed by atoms with Crippen LogP contribution in [0.15, 0.2) is 54.7 Å². The summed E-state index contributed by atoms with van der Waals surface area (Å²) >= 11 is 6.95. The van der Waals surface area contributed by atoms with E-state index in [0.29, 0.717) is 16.3 Å². The van der Waals surface area contributed by atoms with Crippen LogP contribution < -0.4 is 4.90 Å². The Morgan fingerprint density at radius 1 is 1.15 bits per heavy atom. The molecule has 0 unspecified atom stereocenters. The molecule has 1 saturated heterocycles. The number of nitrogens with zero attached hydrogens (tertiary/aromatic N) is 4. The van der Waals surface area contributed by atoms with Gasteiger partial charge in [-0.25, -0.2) is 9.18 Å². The van der Waals surface area contributed by atoms with Gasteiger partial charge in [0.05, 0.1) is 30.4 Å². The average molecular weight is 549 g/mol. The van der Waals surface area contributed by atoms with Crippen molar-refractivity contribution in [2.45, 2.75) is 19.4 Å². The van der Waals surface area contributed by atoms with Gasteiger partial charge in [-0.3, -0.25) is 9.48 Å². The van der Waals surface area contributed by atoms with Gasteiger partial charge in [0.15, 0.2) is 0 Å². The molecule has 1 amide bonds. The van der Waals surface area contributed by atoms with Gasteiger partial charge in [0, 0.05) is 35.5 Å². The smallest absolute Gasteiger partial charge is 0.330 e. The summed E-state index contributed by atoms with van der Waals surface area (Å²) < 4.78 is 21.3. The highest BCUT2D eigenvalue weighted by molar-refractivity contribution is 6.40. The monoisotopic (exact) mass is 548 g/mol. The molecule has 3 aromatic carbocycles. The van der Waals surface area contributed by atoms with Gasteiger partial charge in [0.25, 0.3) is 0 Å². The molecule has 0 saturated carbocycles. The molecule has 0 aliphatic carbocycles. The molecule has 1 aliphatic rings. The first-order valence-corrected chi connectivity index (χ1v) is 13.2. The second kappa shape index (κ2) is 11.2. The predicted octanol–water partition coefficient (Wildman–Crippen LogP) is 5.58. The van der Waals surface area contributed by atoms with E-state index in [1.807, 2.05) is 38.4 Å². The van der Waals surface area contributed by atoms with Crippen molar-refractivity contribution in [3.8, 4) is 0 Å². The van der Waals surface area contributed by atoms with E-state index in [4.69, 9.17) is 11.6 Å². The maximum Gasteiger partial charge on any atom is 0.330 e. The number of likely N-dealkylation sites (tertiary alicyclic amines) is 1. The Kier molecular flexibility index (Phi) is 7.68. The molecule has 9 heteroatoms. The van der Waals surface area contributed by atoms with E-state index in [9.17, 15) is 14.0 Å². The first-order valence-electron chi connectivity index (χ1n) is 12.8. The number of anilines is 1. The minimum absolute atomic E-state index is 0.0636. The van der Waals surface area contributed by atoms with Crippen LogP contribution in [0.1, 0.15) is 24.0 Å². The number of methoxy groups -OCH3 is 1. The number of carbonyl (C=O) groups excluding carboxylic acids is 2. The average Bonchev–Trinajstić information content (AvgIpc) is 3.30. The van der Waals surface area contributed by atoms with Crippen molar-refractivity contribution in [2.24, 2.45) is 13.0 Å². The van der Waals surface area contributed by atoms with E-state index < -0.39 is 11.8 Å². The topological polar surface area (TPSA) is 67.7 Å². The Balaban J connectivity index is 1.61. The summed E-state index contributed by atoms with van der Waals surface area (Å²) in [6.45, 7) is 1.84. The number of benzene rings is 3. The highest BCUT2D eigenvalue weighted by Gasteiger charge is 2.29. The van der Waals surface area contributed by atoms with Gasteiger partial charge < -0.3 is 14.5 Å². The molecule has 0 bridgehead atoms. The Morgan fingerprint density at radius 3 is 2.67 bits per heavy atom. The fraction of sp³-hybridized carbons (Fsp3) is 0.300. The van der Waals surface area contributed by atoms with E-state index >= 15 is 0 Å². The number of ether oxygens (including phenoxy) is 1. The lowest BCUT2D eigenvalue weighted by Gasteiger charge is -2.33. The summed E-state index contributed by atoms with van der Waals surface area (Å²) in [5, 5.41) is 7.61. The number of piperidine rings is 1. The molecule has 0 spiro atoms. The van der Waals surface area contributed by atoms with Crippen molar-refractivity contribution >= 4 is 56.9 Å². The quantitative estimate of drug-likeness (QED) is 0.232. The number of carbonyl (C=O) groups is 2. The number of aryl methyl sites for hydroxylation is 1. The molecule has 1 aromatic heterocycles. The second-order valence-electron chi connectivity index (χ2n) is 10.0. The van der Waals surface area contributed by atoms with Gasteiger partial charge in [0.2, 0.25) is 5.91 Å². The van der Waals surface area contributed by atoms with Crippen LogP contribution >= 0.6 is 11.6 Å². The maximum atomic E-state index is 14.9. The summed E-state index contributed by atoms with van der Waals surface area (Å²) in [7, 11) is 5.16. The molecule has 0 radical (unpaired) electrons. The number of aromatic nitrogens is 2. The summed E-state index contributed by atoms with van der Waals surface area (Å²) in [6, 6.07) is 12.3. The molecule has 5 rings (SSSR count). The summed E-state index contributed by atoms with van der Waals surface area (Å²) in [4.78, 5) is 29.5. The summed E-state index contributed by atoms with van der Waals surface area (Å²) in [5.41, 5.74) is 2.52. The maximum absolute atomic E-state index is 14.9. The number of amides is 1. The van der Waals surface area contributed by atoms with Crippen LogP contribution in [0.2, 0.25) is 5.02 Å². The molecule has 202 valence electrons. The molecule has 1 fully saturated rings. The number of hydrogen-bond donors (Lipinski definition) is 0. The van der Waals surface area contributed by atoms with Crippen molar-refractivity contribution < 1.29 is 18.7 Å². The second-order valence-corrected chi connectivity index (χ2v) is 10.4. The third kappa shape index (κ3) is 5.53. The Labute approximate surface area is 231 Å². The number of fused-ring (bicyclic) bond motifs is 2. The normalized spacial score (nSPS) is 14.9. The van der Waals surface area contributed by atoms with E-state index in [0.717, 1.165) is 53.2 Å². The van der Waals surface area contributed by atoms with Crippen molar-refractivity contribution in [3.63, 3.8) is 0 Å². The standard InChI is InChI=1S/C30H30ClFN4O3/c1-34-11-9-20(10-12-34)30(38)36(25-14-19(13-24(32)16-25)7-8-26(37)39-3)18-22-6-4-5-21-15-23-17-33-35(2)29(23)28(31)27(21)22/h4-8,13-17,20H,9-12,18H2,1-3H3/b8-7+. The number of hydrogen-bond acceptors (Lipinski definition) is 5. The lowest BCUT2D eigenvalue weighted by atomic mass is 9.94. The zero-order chi connectivity index (χ0) is 27.7. The van der Waals surface area contributed by atoms with Crippen LogP contribution in [0.5, 0.6) is 0 Å². The van der Waals surface area contributed by atoms with E-state index in [2.05, 4.69) is 14.7 Å². The number of rotatable bonds is 6. The number of halogens is 2. The van der Waals surface area contributed by atoms with Crippen molar-refractivity contribution in [3.05, 3.63) is 76.7 Å². The molecule has 1 aliphatic heterocycles. The highest BCUT2D eigenvalue weighted by Crippen LogP contribution is 2.36.